The highest BCUT2D eigenvalue weighted by Gasteiger charge is 2.48. The predicted octanol–water partition coefficient (Wildman–Crippen LogP) is 3.61. The lowest BCUT2D eigenvalue weighted by atomic mass is 10.0. The average molecular weight is 380 g/mol. The summed E-state index contributed by atoms with van der Waals surface area (Å²) >= 11 is 0. The molecule has 2 N–H and O–H groups in total. The molecular weight excluding hydrogens is 356 g/mol. The van der Waals surface area contributed by atoms with Gasteiger partial charge in [-0.1, -0.05) is 29.8 Å². The molecule has 1 aliphatic rings. The molecule has 1 fully saturated rings. The van der Waals surface area contributed by atoms with Gasteiger partial charge in [-0.3, -0.25) is 9.59 Å². The van der Waals surface area contributed by atoms with Crippen molar-refractivity contribution in [2.45, 2.75) is 27.2 Å². The quantitative estimate of drug-likeness (QED) is 0.776. The number of hydrogen-bond donors (Lipinski definition) is 2. The Hall–Kier alpha value is -3.15. The number of aryl methyl sites for hydroxylation is 3. The van der Waals surface area contributed by atoms with Crippen molar-refractivity contribution >= 4 is 29.2 Å². The molecule has 6 heteroatoms. The van der Waals surface area contributed by atoms with Crippen molar-refractivity contribution in [2.24, 2.45) is 11.8 Å². The maximum Gasteiger partial charge on any atom is 0.339 e. The van der Waals surface area contributed by atoms with E-state index in [2.05, 4.69) is 10.6 Å². The van der Waals surface area contributed by atoms with Gasteiger partial charge in [-0.2, -0.15) is 0 Å². The third-order valence-electron chi connectivity index (χ3n) is 4.98. The first-order valence-corrected chi connectivity index (χ1v) is 9.18. The Morgan fingerprint density at radius 2 is 1.50 bits per heavy atom. The normalized spacial score (nSPS) is 17.6. The van der Waals surface area contributed by atoms with Gasteiger partial charge in [0, 0.05) is 5.69 Å². The number of benzene rings is 2. The van der Waals surface area contributed by atoms with Crippen molar-refractivity contribution in [3.63, 3.8) is 0 Å². The number of ether oxygens (including phenoxy) is 1. The summed E-state index contributed by atoms with van der Waals surface area (Å²) < 4.78 is 4.74. The summed E-state index contributed by atoms with van der Waals surface area (Å²) in [5, 5.41) is 5.71. The molecule has 3 rings (SSSR count). The highest BCUT2D eigenvalue weighted by molar-refractivity contribution is 6.06. The number of anilines is 2. The van der Waals surface area contributed by atoms with E-state index in [4.69, 9.17) is 4.74 Å². The molecule has 146 valence electrons. The van der Waals surface area contributed by atoms with Gasteiger partial charge in [-0.05, 0) is 50.5 Å². The van der Waals surface area contributed by atoms with Crippen molar-refractivity contribution in [3.8, 4) is 0 Å². The lowest BCUT2D eigenvalue weighted by Crippen LogP contribution is -2.22. The van der Waals surface area contributed by atoms with Gasteiger partial charge >= 0.3 is 5.97 Å². The summed E-state index contributed by atoms with van der Waals surface area (Å²) in [5.74, 6) is -1.72. The van der Waals surface area contributed by atoms with Crippen LogP contribution in [0.3, 0.4) is 0 Å². The topological polar surface area (TPSA) is 84.5 Å². The fraction of sp³-hybridized carbons (Fsp3) is 0.318. The number of amides is 2. The van der Waals surface area contributed by atoms with Crippen LogP contribution in [0.15, 0.2) is 36.4 Å². The van der Waals surface area contributed by atoms with E-state index in [1.165, 1.54) is 7.11 Å². The number of esters is 1. The molecule has 2 amide bonds. The van der Waals surface area contributed by atoms with Crippen LogP contribution in [0.2, 0.25) is 0 Å². The van der Waals surface area contributed by atoms with Crippen LogP contribution < -0.4 is 10.6 Å². The van der Waals surface area contributed by atoms with Crippen LogP contribution >= 0.6 is 0 Å². The summed E-state index contributed by atoms with van der Waals surface area (Å²) in [6, 6.07) is 10.7. The lowest BCUT2D eigenvalue weighted by Gasteiger charge is -2.13. The number of methoxy groups -OCH3 is 1. The first-order chi connectivity index (χ1) is 13.3. The molecule has 0 saturated heterocycles. The number of rotatable bonds is 5. The van der Waals surface area contributed by atoms with Gasteiger partial charge in [0.1, 0.15) is 0 Å². The fourth-order valence-electron chi connectivity index (χ4n) is 3.47. The largest absolute Gasteiger partial charge is 0.465 e. The molecule has 2 aromatic rings. The zero-order valence-corrected chi connectivity index (χ0v) is 16.5. The fourth-order valence-corrected chi connectivity index (χ4v) is 3.47. The summed E-state index contributed by atoms with van der Waals surface area (Å²) in [6.07, 6.45) is 0.488. The minimum absolute atomic E-state index is 0.156. The Morgan fingerprint density at radius 3 is 2.11 bits per heavy atom. The highest BCUT2D eigenvalue weighted by Crippen LogP contribution is 2.41. The number of nitrogens with one attached hydrogen (secondary N) is 2. The molecule has 0 bridgehead atoms. The van der Waals surface area contributed by atoms with E-state index >= 15 is 0 Å². The monoisotopic (exact) mass is 380 g/mol. The number of hydrogen-bond acceptors (Lipinski definition) is 4. The van der Waals surface area contributed by atoms with E-state index in [1.807, 2.05) is 32.9 Å². The standard InChI is InChI=1S/C22H24N2O4/c1-12-9-13(2)19(14(3)10-12)24-21(26)17-11-16(17)20(25)23-18-8-6-5-7-15(18)22(27)28-4/h5-10,16-17H,11H2,1-4H3,(H,23,25)(H,24,26). The molecule has 2 aromatic carbocycles. The minimum atomic E-state index is -0.522. The second-order valence-electron chi connectivity index (χ2n) is 7.24. The van der Waals surface area contributed by atoms with Gasteiger partial charge in [-0.25, -0.2) is 4.79 Å². The summed E-state index contributed by atoms with van der Waals surface area (Å²) in [4.78, 5) is 37.0. The highest BCUT2D eigenvalue weighted by atomic mass is 16.5. The van der Waals surface area contributed by atoms with Crippen molar-refractivity contribution in [2.75, 3.05) is 17.7 Å². The molecule has 6 nitrogen and oxygen atoms in total. The number of para-hydroxylation sites is 1. The smallest absolute Gasteiger partial charge is 0.339 e. The minimum Gasteiger partial charge on any atom is -0.465 e. The third-order valence-corrected chi connectivity index (χ3v) is 4.98. The van der Waals surface area contributed by atoms with Gasteiger partial charge in [0.2, 0.25) is 11.8 Å². The lowest BCUT2D eigenvalue weighted by molar-refractivity contribution is -0.122. The zero-order valence-electron chi connectivity index (χ0n) is 16.5. The maximum atomic E-state index is 12.6. The zero-order chi connectivity index (χ0) is 20.4. The van der Waals surface area contributed by atoms with E-state index in [-0.39, 0.29) is 23.3 Å². The molecule has 1 saturated carbocycles. The molecule has 0 aliphatic heterocycles. The van der Waals surface area contributed by atoms with Gasteiger partial charge < -0.3 is 15.4 Å². The Labute approximate surface area is 164 Å². The Balaban J connectivity index is 1.65. The SMILES string of the molecule is COC(=O)c1ccccc1NC(=O)C1CC1C(=O)Nc1c(C)cc(C)cc1C. The van der Waals surface area contributed by atoms with Gasteiger partial charge in [0.15, 0.2) is 0 Å². The summed E-state index contributed by atoms with van der Waals surface area (Å²) in [6.45, 7) is 5.92. The Kier molecular flexibility index (Phi) is 5.49. The van der Waals surface area contributed by atoms with E-state index in [1.54, 1.807) is 24.3 Å². The van der Waals surface area contributed by atoms with Crippen LogP contribution in [0.4, 0.5) is 11.4 Å². The van der Waals surface area contributed by atoms with Crippen molar-refractivity contribution in [1.29, 1.82) is 0 Å². The first-order valence-electron chi connectivity index (χ1n) is 9.18. The second-order valence-corrected chi connectivity index (χ2v) is 7.24. The average Bonchev–Trinajstić information content (AvgIpc) is 3.45. The molecule has 0 heterocycles. The van der Waals surface area contributed by atoms with E-state index in [9.17, 15) is 14.4 Å². The van der Waals surface area contributed by atoms with Crippen LogP contribution in [-0.4, -0.2) is 24.9 Å². The Bertz CT molecular complexity index is 928. The van der Waals surface area contributed by atoms with Crippen molar-refractivity contribution in [1.82, 2.24) is 0 Å². The van der Waals surface area contributed by atoms with Crippen LogP contribution in [0, 0.1) is 32.6 Å². The van der Waals surface area contributed by atoms with E-state index in [0.29, 0.717) is 12.1 Å². The van der Waals surface area contributed by atoms with Crippen molar-refractivity contribution < 1.29 is 19.1 Å². The molecule has 1 aliphatic carbocycles. The second kappa shape index (κ2) is 7.84. The van der Waals surface area contributed by atoms with Crippen molar-refractivity contribution in [3.05, 3.63) is 58.7 Å². The molecule has 2 unspecified atom stereocenters. The van der Waals surface area contributed by atoms with Crippen LogP contribution in [0.25, 0.3) is 0 Å². The summed E-state index contributed by atoms with van der Waals surface area (Å²) in [5.41, 5.74) is 4.61. The molecule has 0 aromatic heterocycles. The predicted molar refractivity (Wildman–Crippen MR) is 107 cm³/mol. The molecule has 0 spiro atoms. The number of carbonyl (C=O) groups excluding carboxylic acids is 3. The number of carbonyl (C=O) groups is 3. The van der Waals surface area contributed by atoms with E-state index < -0.39 is 11.9 Å². The molecular formula is C22H24N2O4. The van der Waals surface area contributed by atoms with Gasteiger partial charge in [-0.15, -0.1) is 0 Å². The van der Waals surface area contributed by atoms with Crippen LogP contribution in [0.1, 0.15) is 33.5 Å². The van der Waals surface area contributed by atoms with Gasteiger partial charge in [0.05, 0.1) is 30.2 Å². The first kappa shape index (κ1) is 19.6. The van der Waals surface area contributed by atoms with Crippen LogP contribution in [0.5, 0.6) is 0 Å². The molecule has 0 radical (unpaired) electrons. The van der Waals surface area contributed by atoms with Crippen LogP contribution in [-0.2, 0) is 14.3 Å². The molecule has 28 heavy (non-hydrogen) atoms. The third kappa shape index (κ3) is 4.06. The molecule has 2 atom stereocenters. The summed E-state index contributed by atoms with van der Waals surface area (Å²) in [7, 11) is 1.29. The Morgan fingerprint density at radius 1 is 0.929 bits per heavy atom. The van der Waals surface area contributed by atoms with Gasteiger partial charge in [0.25, 0.3) is 0 Å². The maximum absolute atomic E-state index is 12.6. The van der Waals surface area contributed by atoms with E-state index in [0.717, 1.165) is 22.4 Å².